The van der Waals surface area contributed by atoms with Crippen molar-refractivity contribution in [1.29, 1.82) is 0 Å². The normalized spacial score (nSPS) is 13.6. The Morgan fingerprint density at radius 1 is 0.964 bits per heavy atom. The third-order valence-electron chi connectivity index (χ3n) is 4.87. The van der Waals surface area contributed by atoms with Gasteiger partial charge in [0.15, 0.2) is 0 Å². The van der Waals surface area contributed by atoms with E-state index in [1.807, 2.05) is 31.2 Å². The second-order valence-electron chi connectivity index (χ2n) is 6.59. The lowest BCUT2D eigenvalue weighted by Crippen LogP contribution is -2.00. The monoisotopic (exact) mass is 392 g/mol. The molecule has 0 bridgehead atoms. The summed E-state index contributed by atoms with van der Waals surface area (Å²) >= 11 is 6.40. The number of allylic oxidation sites excluding steroid dienone is 1. The Labute approximate surface area is 168 Å². The van der Waals surface area contributed by atoms with Gasteiger partial charge in [-0.1, -0.05) is 11.6 Å². The number of aromatic nitrogens is 1. The van der Waals surface area contributed by atoms with Crippen molar-refractivity contribution in [3.8, 4) is 5.75 Å². The highest BCUT2D eigenvalue weighted by atomic mass is 35.5. The predicted molar refractivity (Wildman–Crippen MR) is 111 cm³/mol. The smallest absolute Gasteiger partial charge is 0.123 e. The van der Waals surface area contributed by atoms with Crippen LogP contribution in [-0.4, -0.2) is 17.8 Å². The summed E-state index contributed by atoms with van der Waals surface area (Å²) in [6.07, 6.45) is 4.15. The standard InChI is InChI=1S/C23H18ClFN2O/c1-14-20(24)11-17(12-22(14)28-2)21-13-19(15-7-9-26-10-8-15)23(27-21)16-3-5-18(25)6-4-16/h3-12H,13H2,1-2H3. The number of nitrogens with zero attached hydrogens (tertiary/aromatic N) is 2. The predicted octanol–water partition coefficient (Wildman–Crippen LogP) is 5.95. The summed E-state index contributed by atoms with van der Waals surface area (Å²) in [7, 11) is 1.63. The lowest BCUT2D eigenvalue weighted by molar-refractivity contribution is 0.411. The van der Waals surface area contributed by atoms with Crippen LogP contribution >= 0.6 is 11.6 Å². The molecule has 3 nitrogen and oxygen atoms in total. The van der Waals surface area contributed by atoms with Crippen molar-refractivity contribution in [3.05, 3.63) is 94.0 Å². The van der Waals surface area contributed by atoms with Gasteiger partial charge in [-0.25, -0.2) is 4.39 Å². The number of hydrogen-bond donors (Lipinski definition) is 0. The number of ether oxygens (including phenoxy) is 1. The van der Waals surface area contributed by atoms with E-state index in [1.165, 1.54) is 12.1 Å². The summed E-state index contributed by atoms with van der Waals surface area (Å²) in [4.78, 5) is 9.01. The Bertz CT molecular complexity index is 1090. The molecule has 3 aromatic rings. The van der Waals surface area contributed by atoms with E-state index >= 15 is 0 Å². The van der Waals surface area contributed by atoms with Gasteiger partial charge in [-0.2, -0.15) is 0 Å². The van der Waals surface area contributed by atoms with E-state index in [2.05, 4.69) is 4.98 Å². The summed E-state index contributed by atoms with van der Waals surface area (Å²) < 4.78 is 18.9. The molecule has 4 rings (SSSR count). The Hall–Kier alpha value is -2.98. The summed E-state index contributed by atoms with van der Waals surface area (Å²) in [5, 5.41) is 0.637. The van der Waals surface area contributed by atoms with Gasteiger partial charge in [0.25, 0.3) is 0 Å². The average Bonchev–Trinajstić information content (AvgIpc) is 3.16. The van der Waals surface area contributed by atoms with Gasteiger partial charge in [0.2, 0.25) is 0 Å². The Morgan fingerprint density at radius 2 is 1.68 bits per heavy atom. The van der Waals surface area contributed by atoms with Crippen LogP contribution in [0.2, 0.25) is 5.02 Å². The molecule has 0 fully saturated rings. The van der Waals surface area contributed by atoms with Crippen molar-refractivity contribution in [3.63, 3.8) is 0 Å². The number of aliphatic imine (C=N–C) groups is 1. The minimum absolute atomic E-state index is 0.271. The number of methoxy groups -OCH3 is 1. The third kappa shape index (κ3) is 3.43. The number of rotatable bonds is 4. The SMILES string of the molecule is COc1cc(C2=NC(c3ccc(F)cc3)=C(c3ccncc3)C2)cc(Cl)c1C. The van der Waals surface area contributed by atoms with E-state index in [1.54, 1.807) is 31.6 Å². The topological polar surface area (TPSA) is 34.5 Å². The summed E-state index contributed by atoms with van der Waals surface area (Å²) in [5.74, 6) is 0.456. The Balaban J connectivity index is 1.82. The minimum atomic E-state index is -0.271. The lowest BCUT2D eigenvalue weighted by Gasteiger charge is -2.10. The van der Waals surface area contributed by atoms with Crippen LogP contribution < -0.4 is 4.74 Å². The van der Waals surface area contributed by atoms with Crippen molar-refractivity contribution in [1.82, 2.24) is 4.98 Å². The molecule has 0 spiro atoms. The second kappa shape index (κ2) is 7.56. The first kappa shape index (κ1) is 18.4. The molecule has 0 radical (unpaired) electrons. The van der Waals surface area contributed by atoms with E-state index < -0.39 is 0 Å². The zero-order valence-corrected chi connectivity index (χ0v) is 16.3. The van der Waals surface area contributed by atoms with Crippen LogP contribution in [0.15, 0.2) is 65.9 Å². The van der Waals surface area contributed by atoms with Gasteiger partial charge >= 0.3 is 0 Å². The molecule has 0 saturated heterocycles. The molecule has 0 N–H and O–H groups in total. The number of halogens is 2. The third-order valence-corrected chi connectivity index (χ3v) is 5.27. The molecule has 2 heterocycles. The van der Waals surface area contributed by atoms with Crippen LogP contribution in [0.1, 0.15) is 28.7 Å². The van der Waals surface area contributed by atoms with Crippen molar-refractivity contribution >= 4 is 28.6 Å². The maximum absolute atomic E-state index is 13.4. The molecule has 1 aliphatic heterocycles. The van der Waals surface area contributed by atoms with Gasteiger partial charge in [0.1, 0.15) is 11.6 Å². The zero-order chi connectivity index (χ0) is 19.7. The van der Waals surface area contributed by atoms with Gasteiger partial charge in [-0.3, -0.25) is 9.98 Å². The maximum atomic E-state index is 13.4. The number of benzene rings is 2. The van der Waals surface area contributed by atoms with Crippen molar-refractivity contribution in [2.45, 2.75) is 13.3 Å². The fraction of sp³-hybridized carbons (Fsp3) is 0.130. The highest BCUT2D eigenvalue weighted by Crippen LogP contribution is 2.38. The summed E-state index contributed by atoms with van der Waals surface area (Å²) in [6, 6.07) is 14.2. The summed E-state index contributed by atoms with van der Waals surface area (Å²) in [5.41, 5.74) is 6.51. The average molecular weight is 393 g/mol. The quantitative estimate of drug-likeness (QED) is 0.549. The van der Waals surface area contributed by atoms with Gasteiger partial charge in [-0.05, 0) is 66.6 Å². The molecule has 0 aliphatic carbocycles. The molecular formula is C23H18ClFN2O. The van der Waals surface area contributed by atoms with E-state index in [9.17, 15) is 4.39 Å². The zero-order valence-electron chi connectivity index (χ0n) is 15.5. The molecule has 0 unspecified atom stereocenters. The van der Waals surface area contributed by atoms with Gasteiger partial charge in [-0.15, -0.1) is 0 Å². The number of hydrogen-bond acceptors (Lipinski definition) is 3. The van der Waals surface area contributed by atoms with E-state index in [0.29, 0.717) is 11.4 Å². The van der Waals surface area contributed by atoms with Crippen LogP contribution in [0.25, 0.3) is 11.3 Å². The van der Waals surface area contributed by atoms with Crippen molar-refractivity contribution in [2.75, 3.05) is 7.11 Å². The van der Waals surface area contributed by atoms with Crippen LogP contribution in [0.4, 0.5) is 4.39 Å². The molecule has 1 aromatic heterocycles. The Morgan fingerprint density at radius 3 is 2.36 bits per heavy atom. The number of pyridine rings is 1. The van der Waals surface area contributed by atoms with Gasteiger partial charge in [0.05, 0.1) is 18.5 Å². The largest absolute Gasteiger partial charge is 0.496 e. The fourth-order valence-corrected chi connectivity index (χ4v) is 3.54. The molecule has 5 heteroatoms. The molecule has 0 amide bonds. The fourth-order valence-electron chi connectivity index (χ4n) is 3.33. The second-order valence-corrected chi connectivity index (χ2v) is 7.00. The van der Waals surface area contributed by atoms with Crippen molar-refractivity contribution in [2.24, 2.45) is 4.99 Å². The van der Waals surface area contributed by atoms with Crippen LogP contribution in [0.5, 0.6) is 5.75 Å². The molecule has 2 aromatic carbocycles. The van der Waals surface area contributed by atoms with E-state index in [4.69, 9.17) is 21.3 Å². The molecule has 1 aliphatic rings. The van der Waals surface area contributed by atoms with E-state index in [0.717, 1.165) is 45.0 Å². The first-order valence-electron chi connectivity index (χ1n) is 8.88. The molecule has 28 heavy (non-hydrogen) atoms. The van der Waals surface area contributed by atoms with Crippen LogP contribution in [0, 0.1) is 12.7 Å². The first-order valence-corrected chi connectivity index (χ1v) is 9.26. The molecule has 140 valence electrons. The van der Waals surface area contributed by atoms with Gasteiger partial charge in [0, 0.05) is 40.5 Å². The minimum Gasteiger partial charge on any atom is -0.496 e. The molecule has 0 saturated carbocycles. The maximum Gasteiger partial charge on any atom is 0.123 e. The molecule has 0 atom stereocenters. The van der Waals surface area contributed by atoms with E-state index in [-0.39, 0.29) is 5.82 Å². The first-order chi connectivity index (χ1) is 13.6. The molecular weight excluding hydrogens is 375 g/mol. The van der Waals surface area contributed by atoms with Crippen molar-refractivity contribution < 1.29 is 9.13 Å². The van der Waals surface area contributed by atoms with Crippen LogP contribution in [0.3, 0.4) is 0 Å². The Kier molecular flexibility index (Phi) is 4.97. The van der Waals surface area contributed by atoms with Gasteiger partial charge < -0.3 is 4.74 Å². The highest BCUT2D eigenvalue weighted by Gasteiger charge is 2.23. The highest BCUT2D eigenvalue weighted by molar-refractivity contribution is 6.32. The lowest BCUT2D eigenvalue weighted by atomic mass is 9.96. The summed E-state index contributed by atoms with van der Waals surface area (Å²) in [6.45, 7) is 1.92. The van der Waals surface area contributed by atoms with Crippen LogP contribution in [-0.2, 0) is 0 Å².